The van der Waals surface area contributed by atoms with Crippen LogP contribution in [0.2, 0.25) is 10.0 Å². The highest BCUT2D eigenvalue weighted by Crippen LogP contribution is 2.37. The maximum atomic E-state index is 13.5. The molecular formula is C28H29Cl2N3O2S. The minimum Gasteiger partial charge on any atom is -0.338 e. The van der Waals surface area contributed by atoms with Gasteiger partial charge in [0, 0.05) is 42.7 Å². The summed E-state index contributed by atoms with van der Waals surface area (Å²) in [4.78, 5) is 34.0. The van der Waals surface area contributed by atoms with E-state index in [9.17, 15) is 9.59 Å². The molecule has 0 radical (unpaired) electrons. The fourth-order valence-electron chi connectivity index (χ4n) is 5.23. The Hall–Kier alpha value is -2.38. The molecule has 188 valence electrons. The number of fused-ring (bicyclic) bond motifs is 1. The van der Waals surface area contributed by atoms with E-state index in [2.05, 4.69) is 47.5 Å². The lowest BCUT2D eigenvalue weighted by Crippen LogP contribution is -2.57. The molecule has 1 aromatic heterocycles. The minimum absolute atomic E-state index is 0.0829. The molecule has 2 atom stereocenters. The third-order valence-electron chi connectivity index (χ3n) is 7.20. The first kappa shape index (κ1) is 25.3. The Kier molecular flexibility index (Phi) is 7.40. The number of nitrogens with zero attached hydrogens (tertiary/aromatic N) is 3. The number of hydrogen-bond donors (Lipinski definition) is 0. The number of amides is 2. The van der Waals surface area contributed by atoms with Gasteiger partial charge in [0.2, 0.25) is 5.91 Å². The topological polar surface area (TPSA) is 43.9 Å². The highest BCUT2D eigenvalue weighted by molar-refractivity contribution is 7.10. The van der Waals surface area contributed by atoms with Crippen LogP contribution in [-0.2, 0) is 11.2 Å². The number of piperazine rings is 1. The highest BCUT2D eigenvalue weighted by Gasteiger charge is 2.34. The predicted octanol–water partition coefficient (Wildman–Crippen LogP) is 5.68. The summed E-state index contributed by atoms with van der Waals surface area (Å²) in [5, 5.41) is 2.94. The van der Waals surface area contributed by atoms with Gasteiger partial charge in [-0.2, -0.15) is 0 Å². The van der Waals surface area contributed by atoms with Crippen molar-refractivity contribution in [2.75, 3.05) is 32.7 Å². The summed E-state index contributed by atoms with van der Waals surface area (Å²) >= 11 is 13.9. The average molecular weight is 543 g/mol. The summed E-state index contributed by atoms with van der Waals surface area (Å²) in [6.07, 6.45) is 0.963. The molecule has 1 fully saturated rings. The van der Waals surface area contributed by atoms with Crippen molar-refractivity contribution < 1.29 is 9.59 Å². The van der Waals surface area contributed by atoms with Crippen LogP contribution in [0.4, 0.5) is 0 Å². The first-order valence-electron chi connectivity index (χ1n) is 12.2. The van der Waals surface area contributed by atoms with Gasteiger partial charge in [0.05, 0.1) is 22.6 Å². The van der Waals surface area contributed by atoms with Gasteiger partial charge in [-0.3, -0.25) is 14.5 Å². The van der Waals surface area contributed by atoms with Crippen LogP contribution in [0, 0.1) is 6.92 Å². The molecule has 1 saturated heterocycles. The lowest BCUT2D eigenvalue weighted by atomic mass is 9.92. The average Bonchev–Trinajstić information content (AvgIpc) is 3.35. The van der Waals surface area contributed by atoms with Gasteiger partial charge >= 0.3 is 0 Å². The van der Waals surface area contributed by atoms with Crippen molar-refractivity contribution in [3.63, 3.8) is 0 Å². The normalized spacial score (nSPS) is 20.3. The van der Waals surface area contributed by atoms with Crippen molar-refractivity contribution in [2.45, 2.75) is 32.4 Å². The minimum atomic E-state index is -0.0950. The van der Waals surface area contributed by atoms with Crippen LogP contribution in [0.3, 0.4) is 0 Å². The molecule has 5 nitrogen and oxygen atoms in total. The van der Waals surface area contributed by atoms with Gasteiger partial charge in [-0.15, -0.1) is 11.3 Å². The van der Waals surface area contributed by atoms with Gasteiger partial charge in [-0.05, 0) is 61.0 Å². The zero-order valence-electron chi connectivity index (χ0n) is 20.4. The second kappa shape index (κ2) is 10.5. The van der Waals surface area contributed by atoms with E-state index in [0.29, 0.717) is 41.8 Å². The highest BCUT2D eigenvalue weighted by atomic mass is 35.5. The second-order valence-corrected chi connectivity index (χ2v) is 11.5. The summed E-state index contributed by atoms with van der Waals surface area (Å²) in [5.41, 5.74) is 4.27. The molecule has 0 spiro atoms. The van der Waals surface area contributed by atoms with E-state index in [0.717, 1.165) is 13.0 Å². The van der Waals surface area contributed by atoms with Crippen molar-refractivity contribution in [3.05, 3.63) is 91.1 Å². The van der Waals surface area contributed by atoms with Crippen LogP contribution in [0.25, 0.3) is 0 Å². The molecular weight excluding hydrogens is 513 g/mol. The molecule has 2 aliphatic rings. The summed E-state index contributed by atoms with van der Waals surface area (Å²) < 4.78 is 0. The maximum absolute atomic E-state index is 13.5. The van der Waals surface area contributed by atoms with E-state index in [-0.39, 0.29) is 23.9 Å². The SMILES string of the molecule is Cc1ccc([C@@H]2c3ccsc3CCN2CC(=O)N2CCN(C(=O)c3ccc(Cl)c(Cl)c3)[C@@H](C)C2)cc1. The fourth-order valence-corrected chi connectivity index (χ4v) is 6.43. The molecule has 2 aromatic carbocycles. The Bertz CT molecular complexity index is 1280. The number of rotatable bonds is 4. The largest absolute Gasteiger partial charge is 0.338 e. The molecule has 5 rings (SSSR count). The third-order valence-corrected chi connectivity index (χ3v) is 8.94. The first-order valence-corrected chi connectivity index (χ1v) is 13.9. The lowest BCUT2D eigenvalue weighted by Gasteiger charge is -2.42. The van der Waals surface area contributed by atoms with Gasteiger partial charge in [-0.1, -0.05) is 53.0 Å². The number of thiophene rings is 1. The van der Waals surface area contributed by atoms with Gasteiger partial charge in [0.15, 0.2) is 0 Å². The lowest BCUT2D eigenvalue weighted by molar-refractivity contribution is -0.135. The molecule has 0 N–H and O–H groups in total. The van der Waals surface area contributed by atoms with Crippen LogP contribution in [-0.4, -0.2) is 65.3 Å². The van der Waals surface area contributed by atoms with E-state index in [4.69, 9.17) is 23.2 Å². The maximum Gasteiger partial charge on any atom is 0.254 e. The molecule has 3 aromatic rings. The zero-order chi connectivity index (χ0) is 25.4. The standard InChI is InChI=1S/C28H29Cl2N3O2S/c1-18-3-5-20(6-4-18)27-22-10-14-36-25(22)9-11-32(27)17-26(34)31-12-13-33(19(2)16-31)28(35)21-7-8-23(29)24(30)15-21/h3-8,10,14-15,19,27H,9,11-13,16-17H2,1-2H3/t19-,27+/m0/s1. The number of carbonyl (C=O) groups is 2. The van der Waals surface area contributed by atoms with E-state index in [1.807, 2.05) is 16.7 Å². The quantitative estimate of drug-likeness (QED) is 0.426. The Morgan fingerprint density at radius 2 is 1.78 bits per heavy atom. The Morgan fingerprint density at radius 3 is 2.50 bits per heavy atom. The Balaban J connectivity index is 1.27. The molecule has 3 heterocycles. The van der Waals surface area contributed by atoms with Crippen LogP contribution in [0.15, 0.2) is 53.9 Å². The van der Waals surface area contributed by atoms with Crippen LogP contribution in [0.1, 0.15) is 44.9 Å². The molecule has 0 unspecified atom stereocenters. The molecule has 2 amide bonds. The fraction of sp³-hybridized carbons (Fsp3) is 0.357. The molecule has 0 aliphatic carbocycles. The number of benzene rings is 2. The van der Waals surface area contributed by atoms with Crippen molar-refractivity contribution >= 4 is 46.4 Å². The zero-order valence-corrected chi connectivity index (χ0v) is 22.7. The van der Waals surface area contributed by atoms with Gasteiger partial charge < -0.3 is 9.80 Å². The van der Waals surface area contributed by atoms with Crippen molar-refractivity contribution in [3.8, 4) is 0 Å². The van der Waals surface area contributed by atoms with Crippen molar-refractivity contribution in [1.29, 1.82) is 0 Å². The van der Waals surface area contributed by atoms with E-state index >= 15 is 0 Å². The van der Waals surface area contributed by atoms with Crippen molar-refractivity contribution in [1.82, 2.24) is 14.7 Å². The summed E-state index contributed by atoms with van der Waals surface area (Å²) in [5.74, 6) is 0.0212. The monoisotopic (exact) mass is 541 g/mol. The molecule has 2 aliphatic heterocycles. The van der Waals surface area contributed by atoms with Gasteiger partial charge in [-0.25, -0.2) is 0 Å². The van der Waals surface area contributed by atoms with E-state index in [1.54, 1.807) is 29.5 Å². The number of carbonyl (C=O) groups excluding carboxylic acids is 2. The third kappa shape index (κ3) is 5.05. The Labute approximate surface area is 226 Å². The first-order chi connectivity index (χ1) is 17.3. The van der Waals surface area contributed by atoms with Crippen LogP contribution >= 0.6 is 34.5 Å². The molecule has 0 bridgehead atoms. The molecule has 0 saturated carbocycles. The number of hydrogen-bond acceptors (Lipinski definition) is 4. The van der Waals surface area contributed by atoms with Crippen LogP contribution in [0.5, 0.6) is 0 Å². The smallest absolute Gasteiger partial charge is 0.254 e. The van der Waals surface area contributed by atoms with E-state index < -0.39 is 0 Å². The number of aryl methyl sites for hydroxylation is 1. The Morgan fingerprint density at radius 1 is 1.00 bits per heavy atom. The summed E-state index contributed by atoms with van der Waals surface area (Å²) in [6.45, 7) is 6.81. The van der Waals surface area contributed by atoms with Gasteiger partial charge in [0.25, 0.3) is 5.91 Å². The number of halogens is 2. The second-order valence-electron chi connectivity index (χ2n) is 9.65. The van der Waals surface area contributed by atoms with Crippen molar-refractivity contribution in [2.24, 2.45) is 0 Å². The molecule has 36 heavy (non-hydrogen) atoms. The van der Waals surface area contributed by atoms with Crippen LogP contribution < -0.4 is 0 Å². The summed E-state index contributed by atoms with van der Waals surface area (Å²) in [6, 6.07) is 15.8. The molecule has 8 heteroatoms. The van der Waals surface area contributed by atoms with E-state index in [1.165, 1.54) is 21.6 Å². The predicted molar refractivity (Wildman–Crippen MR) is 146 cm³/mol. The van der Waals surface area contributed by atoms with Gasteiger partial charge in [0.1, 0.15) is 0 Å². The summed E-state index contributed by atoms with van der Waals surface area (Å²) in [7, 11) is 0.